The molecule has 28 heavy (non-hydrogen) atoms. The molecular formula is C24H31ClN2O. The first kappa shape index (κ1) is 20.9. The number of piperidine rings is 1. The summed E-state index contributed by atoms with van der Waals surface area (Å²) in [5.74, 6) is 0.298. The Labute approximate surface area is 174 Å². The SMILES string of the molecule is CC[C@@H](NC(=O)C1CCN(Cc2ccccc2Cl)CC1)c1ccc(C)cc1C. The molecule has 4 heteroatoms. The topological polar surface area (TPSA) is 32.3 Å². The van der Waals surface area contributed by atoms with Crippen molar-refractivity contribution in [2.75, 3.05) is 13.1 Å². The maximum atomic E-state index is 12.9. The average Bonchev–Trinajstić information content (AvgIpc) is 2.69. The van der Waals surface area contributed by atoms with E-state index < -0.39 is 0 Å². The number of nitrogens with zero attached hydrogens (tertiary/aromatic N) is 1. The van der Waals surface area contributed by atoms with E-state index in [1.807, 2.05) is 18.2 Å². The van der Waals surface area contributed by atoms with Crippen molar-refractivity contribution in [3.63, 3.8) is 0 Å². The maximum Gasteiger partial charge on any atom is 0.223 e. The van der Waals surface area contributed by atoms with Crippen LogP contribution in [0.15, 0.2) is 42.5 Å². The first-order valence-corrected chi connectivity index (χ1v) is 10.7. The third-order valence-corrected chi connectivity index (χ3v) is 6.20. The van der Waals surface area contributed by atoms with E-state index in [1.165, 1.54) is 16.7 Å². The number of benzene rings is 2. The number of halogens is 1. The quantitative estimate of drug-likeness (QED) is 0.702. The Bertz CT molecular complexity index is 812. The molecule has 1 atom stereocenters. The fourth-order valence-electron chi connectivity index (χ4n) is 4.13. The van der Waals surface area contributed by atoms with Crippen LogP contribution in [0.4, 0.5) is 0 Å². The Hall–Kier alpha value is -1.84. The number of nitrogens with one attached hydrogen (secondary N) is 1. The summed E-state index contributed by atoms with van der Waals surface area (Å²) < 4.78 is 0. The van der Waals surface area contributed by atoms with Crippen LogP contribution in [0.3, 0.4) is 0 Å². The predicted octanol–water partition coefficient (Wildman–Crippen LogP) is 5.44. The molecule has 0 spiro atoms. The van der Waals surface area contributed by atoms with Gasteiger partial charge in [-0.25, -0.2) is 0 Å². The van der Waals surface area contributed by atoms with Crippen molar-refractivity contribution >= 4 is 17.5 Å². The highest BCUT2D eigenvalue weighted by molar-refractivity contribution is 6.31. The summed E-state index contributed by atoms with van der Waals surface area (Å²) in [7, 11) is 0. The van der Waals surface area contributed by atoms with Crippen molar-refractivity contribution < 1.29 is 4.79 Å². The van der Waals surface area contributed by atoms with Gasteiger partial charge in [0.15, 0.2) is 0 Å². The highest BCUT2D eigenvalue weighted by Gasteiger charge is 2.27. The lowest BCUT2D eigenvalue weighted by molar-refractivity contribution is -0.127. The van der Waals surface area contributed by atoms with Crippen LogP contribution >= 0.6 is 11.6 Å². The number of hydrogen-bond donors (Lipinski definition) is 1. The lowest BCUT2D eigenvalue weighted by atomic mass is 9.93. The first-order chi connectivity index (χ1) is 13.5. The van der Waals surface area contributed by atoms with Crippen molar-refractivity contribution in [1.29, 1.82) is 0 Å². The molecule has 1 amide bonds. The molecule has 0 radical (unpaired) electrons. The maximum absolute atomic E-state index is 12.9. The van der Waals surface area contributed by atoms with Gasteiger partial charge in [-0.1, -0.05) is 60.5 Å². The molecule has 2 aromatic carbocycles. The molecule has 1 saturated heterocycles. The molecule has 1 fully saturated rings. The second kappa shape index (κ2) is 9.58. The average molecular weight is 399 g/mol. The molecule has 1 aliphatic heterocycles. The van der Waals surface area contributed by atoms with E-state index in [0.717, 1.165) is 49.5 Å². The van der Waals surface area contributed by atoms with Gasteiger partial charge in [0.25, 0.3) is 0 Å². The molecule has 2 aromatic rings. The second-order valence-electron chi connectivity index (χ2n) is 7.97. The Morgan fingerprint density at radius 1 is 1.18 bits per heavy atom. The number of likely N-dealkylation sites (tertiary alicyclic amines) is 1. The number of rotatable bonds is 6. The first-order valence-electron chi connectivity index (χ1n) is 10.3. The number of carbonyl (C=O) groups is 1. The summed E-state index contributed by atoms with van der Waals surface area (Å²) in [5, 5.41) is 4.13. The molecule has 1 heterocycles. The summed E-state index contributed by atoms with van der Waals surface area (Å²) in [5.41, 5.74) is 4.90. The van der Waals surface area contributed by atoms with Crippen LogP contribution in [0.1, 0.15) is 54.5 Å². The van der Waals surface area contributed by atoms with Crippen LogP contribution in [0.5, 0.6) is 0 Å². The Morgan fingerprint density at radius 2 is 1.89 bits per heavy atom. The van der Waals surface area contributed by atoms with E-state index in [-0.39, 0.29) is 17.9 Å². The molecule has 1 aliphatic rings. The van der Waals surface area contributed by atoms with Crippen molar-refractivity contribution in [2.45, 2.75) is 52.6 Å². The zero-order chi connectivity index (χ0) is 20.1. The van der Waals surface area contributed by atoms with Gasteiger partial charge in [0, 0.05) is 17.5 Å². The minimum absolute atomic E-state index is 0.0919. The number of hydrogen-bond acceptors (Lipinski definition) is 2. The van der Waals surface area contributed by atoms with E-state index >= 15 is 0 Å². The van der Waals surface area contributed by atoms with E-state index in [1.54, 1.807) is 0 Å². The van der Waals surface area contributed by atoms with Crippen LogP contribution < -0.4 is 5.32 Å². The van der Waals surface area contributed by atoms with Gasteiger partial charge < -0.3 is 5.32 Å². The van der Waals surface area contributed by atoms with Gasteiger partial charge in [-0.05, 0) is 69.0 Å². The van der Waals surface area contributed by atoms with E-state index in [0.29, 0.717) is 0 Å². The molecule has 0 unspecified atom stereocenters. The smallest absolute Gasteiger partial charge is 0.223 e. The molecule has 0 aromatic heterocycles. The molecular weight excluding hydrogens is 368 g/mol. The number of carbonyl (C=O) groups excluding carboxylic acids is 1. The fourth-order valence-corrected chi connectivity index (χ4v) is 4.32. The Kier molecular flexibility index (Phi) is 7.14. The minimum Gasteiger partial charge on any atom is -0.349 e. The normalized spacial score (nSPS) is 16.7. The third-order valence-electron chi connectivity index (χ3n) is 5.84. The molecule has 0 aliphatic carbocycles. The summed E-state index contributed by atoms with van der Waals surface area (Å²) in [6.45, 7) is 9.09. The lowest BCUT2D eigenvalue weighted by Crippen LogP contribution is -2.41. The highest BCUT2D eigenvalue weighted by Crippen LogP contribution is 2.25. The summed E-state index contributed by atoms with van der Waals surface area (Å²) in [4.78, 5) is 15.3. The second-order valence-corrected chi connectivity index (χ2v) is 8.38. The Balaban J connectivity index is 1.55. The Morgan fingerprint density at radius 3 is 2.54 bits per heavy atom. The van der Waals surface area contributed by atoms with Crippen LogP contribution in [-0.2, 0) is 11.3 Å². The molecule has 3 rings (SSSR count). The summed E-state index contributed by atoms with van der Waals surface area (Å²) in [6, 6.07) is 14.6. The van der Waals surface area contributed by atoms with Gasteiger partial charge in [0.2, 0.25) is 5.91 Å². The van der Waals surface area contributed by atoms with E-state index in [9.17, 15) is 4.79 Å². The summed E-state index contributed by atoms with van der Waals surface area (Å²) in [6.07, 6.45) is 2.71. The van der Waals surface area contributed by atoms with Crippen molar-refractivity contribution in [1.82, 2.24) is 10.2 Å². The third kappa shape index (κ3) is 5.15. The summed E-state index contributed by atoms with van der Waals surface area (Å²) >= 11 is 6.29. The highest BCUT2D eigenvalue weighted by atomic mass is 35.5. The van der Waals surface area contributed by atoms with Crippen molar-refractivity contribution in [2.24, 2.45) is 5.92 Å². The molecule has 0 bridgehead atoms. The van der Waals surface area contributed by atoms with Crippen LogP contribution in [0.25, 0.3) is 0 Å². The lowest BCUT2D eigenvalue weighted by Gasteiger charge is -2.32. The molecule has 3 nitrogen and oxygen atoms in total. The van der Waals surface area contributed by atoms with E-state index in [2.05, 4.69) is 55.3 Å². The fraction of sp³-hybridized carbons (Fsp3) is 0.458. The van der Waals surface area contributed by atoms with Gasteiger partial charge in [-0.3, -0.25) is 9.69 Å². The van der Waals surface area contributed by atoms with Gasteiger partial charge in [0.05, 0.1) is 6.04 Å². The predicted molar refractivity (Wildman–Crippen MR) is 117 cm³/mol. The van der Waals surface area contributed by atoms with E-state index in [4.69, 9.17) is 11.6 Å². The monoisotopic (exact) mass is 398 g/mol. The van der Waals surface area contributed by atoms with Gasteiger partial charge in [-0.2, -0.15) is 0 Å². The molecule has 1 N–H and O–H groups in total. The number of aryl methyl sites for hydroxylation is 2. The van der Waals surface area contributed by atoms with Crippen LogP contribution in [0.2, 0.25) is 5.02 Å². The van der Waals surface area contributed by atoms with Gasteiger partial charge >= 0.3 is 0 Å². The van der Waals surface area contributed by atoms with Crippen LogP contribution in [-0.4, -0.2) is 23.9 Å². The molecule has 0 saturated carbocycles. The zero-order valence-electron chi connectivity index (χ0n) is 17.2. The van der Waals surface area contributed by atoms with Gasteiger partial charge in [0.1, 0.15) is 0 Å². The van der Waals surface area contributed by atoms with Crippen LogP contribution in [0, 0.1) is 19.8 Å². The standard InChI is InChI=1S/C24H31ClN2O/c1-4-23(21-10-9-17(2)15-18(21)3)26-24(28)19-11-13-27(14-12-19)16-20-7-5-6-8-22(20)25/h5-10,15,19,23H,4,11-14,16H2,1-3H3,(H,26,28)/t23-/m1/s1. The van der Waals surface area contributed by atoms with Crippen molar-refractivity contribution in [3.05, 3.63) is 69.7 Å². The molecule has 150 valence electrons. The van der Waals surface area contributed by atoms with Gasteiger partial charge in [-0.15, -0.1) is 0 Å². The zero-order valence-corrected chi connectivity index (χ0v) is 17.9. The number of amides is 1. The largest absolute Gasteiger partial charge is 0.349 e. The minimum atomic E-state index is 0.0919. The van der Waals surface area contributed by atoms with Crippen molar-refractivity contribution in [3.8, 4) is 0 Å².